The first-order chi connectivity index (χ1) is 6.61. The van der Waals surface area contributed by atoms with Gasteiger partial charge in [0.15, 0.2) is 0 Å². The molecule has 0 aromatic heterocycles. The Kier molecular flexibility index (Phi) is 6.32. The van der Waals surface area contributed by atoms with Crippen LogP contribution in [-0.2, 0) is 11.2 Å². The number of carbonyl (C=O) groups excluding carboxylic acids is 1. The monoisotopic (exact) mass is 196 g/mol. The van der Waals surface area contributed by atoms with E-state index in [-0.39, 0.29) is 32.0 Å². The van der Waals surface area contributed by atoms with Gasteiger partial charge in [0.1, 0.15) is 0 Å². The number of benzene rings is 1. The molecule has 0 radical (unpaired) electrons. The fourth-order valence-corrected chi connectivity index (χ4v) is 1.20. The zero-order valence-corrected chi connectivity index (χ0v) is 9.79. The normalized spacial score (nSPS) is 9.53. The standard InChI is InChI=1S/C13H16O.Li.H/c1-10(2)13(14)9-8-12-7-5-4-6-11(12)3;;/h4-7,9-10H,3,8H2,1-2H3;;/q-2;+1;-1. The molecule has 1 aromatic carbocycles. The predicted octanol–water partition coefficient (Wildman–Crippen LogP) is -0.0428. The van der Waals surface area contributed by atoms with E-state index in [0.717, 1.165) is 11.1 Å². The van der Waals surface area contributed by atoms with Gasteiger partial charge in [0.05, 0.1) is 0 Å². The van der Waals surface area contributed by atoms with Gasteiger partial charge in [-0.15, -0.1) is 12.1 Å². The van der Waals surface area contributed by atoms with Gasteiger partial charge in [-0.05, 0) is 5.92 Å². The average molecular weight is 196 g/mol. The Morgan fingerprint density at radius 2 is 2.07 bits per heavy atom. The first-order valence-electron chi connectivity index (χ1n) is 4.88. The van der Waals surface area contributed by atoms with Crippen LogP contribution in [0.4, 0.5) is 0 Å². The fourth-order valence-electron chi connectivity index (χ4n) is 1.20. The van der Waals surface area contributed by atoms with Crippen LogP contribution in [0.2, 0.25) is 0 Å². The van der Waals surface area contributed by atoms with Gasteiger partial charge < -0.3 is 12.6 Å². The average Bonchev–Trinajstić information content (AvgIpc) is 2.16. The Labute approximate surface area is 106 Å². The molecule has 0 aliphatic rings. The molecule has 1 aromatic rings. The molecule has 0 N–H and O–H groups in total. The summed E-state index contributed by atoms with van der Waals surface area (Å²) in [5, 5.41) is 0. The van der Waals surface area contributed by atoms with E-state index < -0.39 is 0 Å². The SMILES string of the molecule is [CH2-]c1ccccc1C[CH-]C(=O)C(C)C.[H-].[Li+]. The van der Waals surface area contributed by atoms with Crippen LogP contribution >= 0.6 is 0 Å². The van der Waals surface area contributed by atoms with Gasteiger partial charge in [-0.25, -0.2) is 0 Å². The van der Waals surface area contributed by atoms with Crippen LogP contribution in [0.1, 0.15) is 26.4 Å². The second-order valence-electron chi connectivity index (χ2n) is 3.73. The summed E-state index contributed by atoms with van der Waals surface area (Å²) >= 11 is 0. The molecule has 0 atom stereocenters. The number of carbonyl (C=O) groups is 1. The van der Waals surface area contributed by atoms with Crippen molar-refractivity contribution in [1.29, 1.82) is 0 Å². The van der Waals surface area contributed by atoms with E-state index in [1.807, 2.05) is 38.1 Å². The molecule has 0 heterocycles. The zero-order valence-electron chi connectivity index (χ0n) is 10.8. The van der Waals surface area contributed by atoms with Crippen LogP contribution in [0.25, 0.3) is 0 Å². The Hall–Kier alpha value is -0.773. The molecular formula is C13H17LiO-2. The maximum absolute atomic E-state index is 11.4. The molecule has 2 heteroatoms. The summed E-state index contributed by atoms with van der Waals surface area (Å²) < 4.78 is 0. The Balaban J connectivity index is 0. The van der Waals surface area contributed by atoms with Crippen LogP contribution in [0, 0.1) is 19.3 Å². The van der Waals surface area contributed by atoms with Crippen molar-refractivity contribution in [3.63, 3.8) is 0 Å². The summed E-state index contributed by atoms with van der Waals surface area (Å²) in [6.45, 7) is 7.74. The van der Waals surface area contributed by atoms with Crippen LogP contribution in [-0.4, -0.2) is 5.78 Å². The zero-order chi connectivity index (χ0) is 10.6. The van der Waals surface area contributed by atoms with Gasteiger partial charge >= 0.3 is 18.9 Å². The van der Waals surface area contributed by atoms with Crippen molar-refractivity contribution in [3.8, 4) is 0 Å². The Morgan fingerprint density at radius 3 is 2.60 bits per heavy atom. The second-order valence-corrected chi connectivity index (χ2v) is 3.73. The predicted molar refractivity (Wildman–Crippen MR) is 59.9 cm³/mol. The van der Waals surface area contributed by atoms with E-state index in [2.05, 4.69) is 6.92 Å². The van der Waals surface area contributed by atoms with Gasteiger partial charge in [-0.1, -0.05) is 19.9 Å². The van der Waals surface area contributed by atoms with Crippen LogP contribution < -0.4 is 18.9 Å². The summed E-state index contributed by atoms with van der Waals surface area (Å²) in [7, 11) is 0. The molecule has 1 rings (SSSR count). The minimum Gasteiger partial charge on any atom is -1.00 e. The molecule has 0 aliphatic heterocycles. The van der Waals surface area contributed by atoms with Gasteiger partial charge in [0.2, 0.25) is 0 Å². The molecule has 0 saturated carbocycles. The summed E-state index contributed by atoms with van der Waals surface area (Å²) in [5.41, 5.74) is 2.13. The third kappa shape index (κ3) is 4.51. The van der Waals surface area contributed by atoms with Gasteiger partial charge in [-0.3, -0.25) is 0 Å². The molecule has 0 aliphatic carbocycles. The van der Waals surface area contributed by atoms with Gasteiger partial charge in [0.25, 0.3) is 0 Å². The van der Waals surface area contributed by atoms with Gasteiger partial charge in [0, 0.05) is 5.78 Å². The van der Waals surface area contributed by atoms with Crippen molar-refractivity contribution < 1.29 is 25.1 Å². The second kappa shape index (κ2) is 6.66. The minimum absolute atomic E-state index is 0. The van der Waals surface area contributed by atoms with E-state index in [4.69, 9.17) is 0 Å². The summed E-state index contributed by atoms with van der Waals surface area (Å²) in [5.74, 6) is 0.292. The first kappa shape index (κ1) is 14.2. The molecule has 15 heavy (non-hydrogen) atoms. The van der Waals surface area contributed by atoms with Crippen LogP contribution in [0.5, 0.6) is 0 Å². The number of ketones is 1. The summed E-state index contributed by atoms with van der Waals surface area (Å²) in [6.07, 6.45) is 2.44. The van der Waals surface area contributed by atoms with Crippen molar-refractivity contribution >= 4 is 5.78 Å². The van der Waals surface area contributed by atoms with Crippen molar-refractivity contribution in [2.45, 2.75) is 20.3 Å². The van der Waals surface area contributed by atoms with Crippen molar-refractivity contribution in [2.75, 3.05) is 0 Å². The smallest absolute Gasteiger partial charge is 1.00 e. The van der Waals surface area contributed by atoms with Crippen LogP contribution in [0.3, 0.4) is 0 Å². The van der Waals surface area contributed by atoms with Crippen LogP contribution in [0.15, 0.2) is 24.3 Å². The van der Waals surface area contributed by atoms with E-state index in [1.54, 1.807) is 6.42 Å². The molecule has 0 bridgehead atoms. The molecule has 0 amide bonds. The molecule has 1 nitrogen and oxygen atoms in total. The molecule has 0 spiro atoms. The number of hydrogen-bond acceptors (Lipinski definition) is 1. The minimum atomic E-state index is 0. The van der Waals surface area contributed by atoms with E-state index in [9.17, 15) is 4.79 Å². The Bertz CT molecular complexity index is 323. The van der Waals surface area contributed by atoms with Gasteiger partial charge in [-0.2, -0.15) is 30.5 Å². The van der Waals surface area contributed by atoms with Crippen molar-refractivity contribution in [3.05, 3.63) is 48.7 Å². The molecule has 0 unspecified atom stereocenters. The van der Waals surface area contributed by atoms with Crippen molar-refractivity contribution in [1.82, 2.24) is 0 Å². The quantitative estimate of drug-likeness (QED) is 0.488. The van der Waals surface area contributed by atoms with E-state index in [0.29, 0.717) is 6.42 Å². The van der Waals surface area contributed by atoms with E-state index in [1.165, 1.54) is 0 Å². The topological polar surface area (TPSA) is 17.1 Å². The maximum Gasteiger partial charge on any atom is 1.00 e. The third-order valence-electron chi connectivity index (χ3n) is 2.21. The fraction of sp³-hybridized carbons (Fsp3) is 0.308. The van der Waals surface area contributed by atoms with E-state index >= 15 is 0 Å². The number of rotatable bonds is 4. The first-order valence-corrected chi connectivity index (χ1v) is 4.88. The molecule has 0 fully saturated rings. The number of hydrogen-bond donors (Lipinski definition) is 0. The Morgan fingerprint density at radius 1 is 1.47 bits per heavy atom. The molecular weight excluding hydrogens is 179 g/mol. The molecule has 0 saturated heterocycles. The summed E-state index contributed by atoms with van der Waals surface area (Å²) in [4.78, 5) is 11.4. The third-order valence-corrected chi connectivity index (χ3v) is 2.21. The van der Waals surface area contributed by atoms with Crippen molar-refractivity contribution in [2.24, 2.45) is 5.92 Å². The largest absolute Gasteiger partial charge is 1.00 e. The summed E-state index contributed by atoms with van der Waals surface area (Å²) in [6, 6.07) is 7.89. The maximum atomic E-state index is 11.4. The number of Topliss-reactive ketones (excluding diaryl/α,β-unsaturated/α-hetero) is 1. The molecule has 78 valence electrons.